The fourth-order valence-corrected chi connectivity index (χ4v) is 2.91. The van der Waals surface area contributed by atoms with Crippen molar-refractivity contribution in [3.8, 4) is 5.75 Å². The third kappa shape index (κ3) is 4.32. The molecule has 0 aliphatic heterocycles. The Labute approximate surface area is 153 Å². The highest BCUT2D eigenvalue weighted by molar-refractivity contribution is 6.34. The molecule has 1 heterocycles. The zero-order valence-corrected chi connectivity index (χ0v) is 14.6. The molecular formula is C18H13Cl2NO4. The van der Waals surface area contributed by atoms with Crippen LogP contribution in [0.1, 0.15) is 12.5 Å². The van der Waals surface area contributed by atoms with E-state index >= 15 is 0 Å². The molecule has 25 heavy (non-hydrogen) atoms. The van der Waals surface area contributed by atoms with Gasteiger partial charge in [0.1, 0.15) is 17.9 Å². The van der Waals surface area contributed by atoms with Crippen LogP contribution in [0.15, 0.2) is 51.7 Å². The molecule has 0 bridgehead atoms. The largest absolute Gasteiger partial charge is 0.489 e. The summed E-state index contributed by atoms with van der Waals surface area (Å²) in [5, 5.41) is 4.27. The Morgan fingerprint density at radius 1 is 1.12 bits per heavy atom. The van der Waals surface area contributed by atoms with Gasteiger partial charge in [0.2, 0.25) is 5.91 Å². The number of carbonyl (C=O) groups excluding carboxylic acids is 1. The number of nitrogens with one attached hydrogen (secondary N) is 1. The van der Waals surface area contributed by atoms with Crippen LogP contribution in [0.25, 0.3) is 11.0 Å². The highest BCUT2D eigenvalue weighted by Crippen LogP contribution is 2.26. The summed E-state index contributed by atoms with van der Waals surface area (Å²) in [5.41, 5.74) is 1.05. The van der Waals surface area contributed by atoms with Crippen molar-refractivity contribution in [1.82, 2.24) is 0 Å². The number of ether oxygens (including phenoxy) is 1. The van der Waals surface area contributed by atoms with Gasteiger partial charge >= 0.3 is 5.63 Å². The minimum Gasteiger partial charge on any atom is -0.489 e. The van der Waals surface area contributed by atoms with Crippen LogP contribution in [0.5, 0.6) is 5.75 Å². The number of hydrogen-bond donors (Lipinski definition) is 1. The van der Waals surface area contributed by atoms with E-state index in [-0.39, 0.29) is 12.5 Å². The van der Waals surface area contributed by atoms with Crippen molar-refractivity contribution in [2.24, 2.45) is 0 Å². The standard InChI is InChI=1S/C18H13Cl2NO4/c1-10(22)21-14-2-3-16-11(4-18(23)25-17(16)8-14)9-24-15-6-12(19)5-13(20)7-15/h2-8H,9H2,1H3,(H,21,22). The van der Waals surface area contributed by atoms with Crippen LogP contribution >= 0.6 is 23.2 Å². The van der Waals surface area contributed by atoms with E-state index in [9.17, 15) is 9.59 Å². The SMILES string of the molecule is CC(=O)Nc1ccc2c(COc3cc(Cl)cc(Cl)c3)cc(=O)oc2c1. The van der Waals surface area contributed by atoms with Crippen molar-refractivity contribution in [3.05, 3.63) is 68.5 Å². The van der Waals surface area contributed by atoms with E-state index in [1.807, 2.05) is 0 Å². The van der Waals surface area contributed by atoms with Crippen molar-refractivity contribution >= 4 is 45.8 Å². The molecule has 2 aromatic carbocycles. The van der Waals surface area contributed by atoms with Gasteiger partial charge in [-0.2, -0.15) is 0 Å². The molecule has 1 aromatic heterocycles. The number of hydrogen-bond acceptors (Lipinski definition) is 4. The summed E-state index contributed by atoms with van der Waals surface area (Å²) in [6.45, 7) is 1.54. The number of amides is 1. The van der Waals surface area contributed by atoms with Gasteiger partial charge in [0.15, 0.2) is 0 Å². The average Bonchev–Trinajstić information content (AvgIpc) is 2.50. The van der Waals surface area contributed by atoms with E-state index < -0.39 is 5.63 Å². The minimum atomic E-state index is -0.504. The second-order valence-electron chi connectivity index (χ2n) is 5.38. The summed E-state index contributed by atoms with van der Waals surface area (Å²) >= 11 is 11.9. The zero-order valence-electron chi connectivity index (χ0n) is 13.1. The Hall–Kier alpha value is -2.50. The number of halogens is 2. The number of carbonyl (C=O) groups is 1. The highest BCUT2D eigenvalue weighted by atomic mass is 35.5. The average molecular weight is 378 g/mol. The predicted octanol–water partition coefficient (Wildman–Crippen LogP) is 4.64. The zero-order chi connectivity index (χ0) is 18.0. The Bertz CT molecular complexity index is 993. The van der Waals surface area contributed by atoms with Gasteiger partial charge in [-0.05, 0) is 30.3 Å². The third-order valence-electron chi connectivity index (χ3n) is 3.38. The second kappa shape index (κ2) is 7.17. The van der Waals surface area contributed by atoms with Crippen LogP contribution in [0, 0.1) is 0 Å². The Morgan fingerprint density at radius 3 is 2.52 bits per heavy atom. The van der Waals surface area contributed by atoms with Crippen molar-refractivity contribution in [1.29, 1.82) is 0 Å². The monoisotopic (exact) mass is 377 g/mol. The number of rotatable bonds is 4. The molecule has 1 amide bonds. The molecule has 7 heteroatoms. The molecule has 0 unspecified atom stereocenters. The van der Waals surface area contributed by atoms with Crippen LogP contribution < -0.4 is 15.7 Å². The molecule has 0 atom stereocenters. The fourth-order valence-electron chi connectivity index (χ4n) is 2.40. The van der Waals surface area contributed by atoms with Crippen molar-refractivity contribution < 1.29 is 13.9 Å². The molecular weight excluding hydrogens is 365 g/mol. The molecule has 1 N–H and O–H groups in total. The van der Waals surface area contributed by atoms with Crippen LogP contribution in [0.3, 0.4) is 0 Å². The molecule has 0 saturated carbocycles. The van der Waals surface area contributed by atoms with Gasteiger partial charge in [-0.3, -0.25) is 4.79 Å². The molecule has 0 spiro atoms. The molecule has 0 radical (unpaired) electrons. The topological polar surface area (TPSA) is 68.5 Å². The lowest BCUT2D eigenvalue weighted by atomic mass is 10.1. The van der Waals surface area contributed by atoms with Crippen LogP contribution in [0.2, 0.25) is 10.0 Å². The van der Waals surface area contributed by atoms with Crippen molar-refractivity contribution in [2.75, 3.05) is 5.32 Å². The molecule has 3 rings (SSSR count). The van der Waals surface area contributed by atoms with Gasteiger partial charge in [0, 0.05) is 45.7 Å². The highest BCUT2D eigenvalue weighted by Gasteiger charge is 2.09. The van der Waals surface area contributed by atoms with Gasteiger partial charge in [0.05, 0.1) is 0 Å². The Balaban J connectivity index is 1.92. The Kier molecular flexibility index (Phi) is 4.97. The molecule has 0 saturated heterocycles. The molecule has 5 nitrogen and oxygen atoms in total. The first-order valence-electron chi connectivity index (χ1n) is 7.34. The van der Waals surface area contributed by atoms with Gasteiger partial charge in [-0.1, -0.05) is 23.2 Å². The number of fused-ring (bicyclic) bond motifs is 1. The van der Waals surface area contributed by atoms with E-state index in [4.69, 9.17) is 32.4 Å². The summed E-state index contributed by atoms with van der Waals surface area (Å²) in [4.78, 5) is 23.0. The van der Waals surface area contributed by atoms with Gasteiger partial charge < -0.3 is 14.5 Å². The maximum Gasteiger partial charge on any atom is 0.336 e. The predicted molar refractivity (Wildman–Crippen MR) is 97.6 cm³/mol. The maximum atomic E-state index is 11.8. The van der Waals surface area contributed by atoms with Crippen molar-refractivity contribution in [3.63, 3.8) is 0 Å². The molecule has 3 aromatic rings. The normalized spacial score (nSPS) is 10.7. The van der Waals surface area contributed by atoms with Crippen LogP contribution in [0.4, 0.5) is 5.69 Å². The summed E-state index contributed by atoms with van der Waals surface area (Å²) in [6.07, 6.45) is 0. The van der Waals surface area contributed by atoms with E-state index in [0.29, 0.717) is 38.0 Å². The maximum absolute atomic E-state index is 11.8. The second-order valence-corrected chi connectivity index (χ2v) is 6.25. The van der Waals surface area contributed by atoms with E-state index in [2.05, 4.69) is 5.32 Å². The van der Waals surface area contributed by atoms with Crippen molar-refractivity contribution in [2.45, 2.75) is 13.5 Å². The van der Waals surface area contributed by atoms with E-state index in [1.165, 1.54) is 13.0 Å². The lowest BCUT2D eigenvalue weighted by Gasteiger charge is -2.10. The Morgan fingerprint density at radius 2 is 1.84 bits per heavy atom. The minimum absolute atomic E-state index is 0.137. The van der Waals surface area contributed by atoms with Crippen LogP contribution in [-0.2, 0) is 11.4 Å². The third-order valence-corrected chi connectivity index (χ3v) is 3.82. The lowest BCUT2D eigenvalue weighted by Crippen LogP contribution is -2.07. The smallest absolute Gasteiger partial charge is 0.336 e. The lowest BCUT2D eigenvalue weighted by molar-refractivity contribution is -0.114. The molecule has 0 aliphatic rings. The first kappa shape index (κ1) is 17.3. The van der Waals surface area contributed by atoms with Gasteiger partial charge in [-0.15, -0.1) is 0 Å². The summed E-state index contributed by atoms with van der Waals surface area (Å²) in [5.74, 6) is 0.285. The van der Waals surface area contributed by atoms with Gasteiger partial charge in [0.25, 0.3) is 0 Å². The number of anilines is 1. The van der Waals surface area contributed by atoms with Gasteiger partial charge in [-0.25, -0.2) is 4.79 Å². The summed E-state index contributed by atoms with van der Waals surface area (Å²) in [7, 11) is 0. The van der Waals surface area contributed by atoms with E-state index in [1.54, 1.807) is 36.4 Å². The van der Waals surface area contributed by atoms with Crippen LogP contribution in [-0.4, -0.2) is 5.91 Å². The first-order chi connectivity index (χ1) is 11.9. The first-order valence-corrected chi connectivity index (χ1v) is 8.09. The summed E-state index contributed by atoms with van der Waals surface area (Å²) in [6, 6.07) is 11.3. The summed E-state index contributed by atoms with van der Waals surface area (Å²) < 4.78 is 10.9. The van der Waals surface area contributed by atoms with E-state index in [0.717, 1.165) is 0 Å². The fraction of sp³-hybridized carbons (Fsp3) is 0.111. The molecule has 0 aliphatic carbocycles. The molecule has 128 valence electrons. The number of benzene rings is 2. The quantitative estimate of drug-likeness (QED) is 0.672. The molecule has 0 fully saturated rings.